The summed E-state index contributed by atoms with van der Waals surface area (Å²) in [5.74, 6) is -0.999. The summed E-state index contributed by atoms with van der Waals surface area (Å²) in [7, 11) is 1.83. The van der Waals surface area contributed by atoms with Gasteiger partial charge in [-0.1, -0.05) is 18.2 Å². The van der Waals surface area contributed by atoms with Crippen molar-refractivity contribution in [3.8, 4) is 0 Å². The number of anilines is 1. The van der Waals surface area contributed by atoms with E-state index in [9.17, 15) is 14.0 Å². The maximum Gasteiger partial charge on any atom is 0.242 e. The molecular formula is C20H23FN6O2. The highest BCUT2D eigenvalue weighted by molar-refractivity contribution is 5.92. The number of hydrogen-bond acceptors (Lipinski definition) is 4. The second-order valence-electron chi connectivity index (χ2n) is 6.88. The molecule has 1 aromatic carbocycles. The average Bonchev–Trinajstić information content (AvgIpc) is 3.22. The lowest BCUT2D eigenvalue weighted by molar-refractivity contribution is -0.122. The topological polar surface area (TPSA) is 93.8 Å². The predicted octanol–water partition coefficient (Wildman–Crippen LogP) is 2.12. The summed E-state index contributed by atoms with van der Waals surface area (Å²) in [4.78, 5) is 24.4. The van der Waals surface area contributed by atoms with E-state index in [1.165, 1.54) is 16.9 Å². The van der Waals surface area contributed by atoms with E-state index in [0.29, 0.717) is 11.3 Å². The maximum absolute atomic E-state index is 13.6. The van der Waals surface area contributed by atoms with Crippen LogP contribution in [0.1, 0.15) is 29.8 Å². The van der Waals surface area contributed by atoms with Crippen molar-refractivity contribution in [1.82, 2.24) is 24.9 Å². The van der Waals surface area contributed by atoms with Gasteiger partial charge in [-0.3, -0.25) is 19.0 Å². The molecule has 0 aliphatic carbocycles. The van der Waals surface area contributed by atoms with Crippen LogP contribution in [0.15, 0.2) is 42.9 Å². The van der Waals surface area contributed by atoms with Gasteiger partial charge in [-0.2, -0.15) is 10.2 Å². The number of hydrogen-bond donors (Lipinski definition) is 2. The van der Waals surface area contributed by atoms with E-state index in [0.717, 1.165) is 11.3 Å². The molecule has 2 heterocycles. The first-order valence-electron chi connectivity index (χ1n) is 9.17. The third-order valence-corrected chi connectivity index (χ3v) is 4.43. The van der Waals surface area contributed by atoms with Crippen LogP contribution in [0.2, 0.25) is 0 Å². The standard InChI is InChI=1S/C20H23FN6O2/c1-13(17-11-26(3)25-14(17)2)23-20(29)12-27-10-16(9-22-27)24-19(28)8-15-6-4-5-7-18(15)21/h4-7,9-11,13H,8,12H2,1-3H3,(H,23,29)(H,24,28). The predicted molar refractivity (Wildman–Crippen MR) is 105 cm³/mol. The quantitative estimate of drug-likeness (QED) is 0.638. The fraction of sp³-hybridized carbons (Fsp3) is 0.300. The highest BCUT2D eigenvalue weighted by Crippen LogP contribution is 2.15. The Morgan fingerprint density at radius 3 is 2.66 bits per heavy atom. The molecule has 2 N–H and O–H groups in total. The number of rotatable bonds is 7. The molecule has 0 bridgehead atoms. The van der Waals surface area contributed by atoms with Crippen molar-refractivity contribution in [2.24, 2.45) is 7.05 Å². The van der Waals surface area contributed by atoms with Crippen molar-refractivity contribution in [3.05, 3.63) is 65.5 Å². The van der Waals surface area contributed by atoms with Crippen molar-refractivity contribution in [1.29, 1.82) is 0 Å². The molecular weight excluding hydrogens is 375 g/mol. The summed E-state index contributed by atoms with van der Waals surface area (Å²) >= 11 is 0. The fourth-order valence-corrected chi connectivity index (χ4v) is 3.09. The van der Waals surface area contributed by atoms with Crippen LogP contribution in [0.4, 0.5) is 10.1 Å². The van der Waals surface area contributed by atoms with E-state index in [1.54, 1.807) is 29.1 Å². The Kier molecular flexibility index (Phi) is 6.06. The van der Waals surface area contributed by atoms with E-state index >= 15 is 0 Å². The van der Waals surface area contributed by atoms with Gasteiger partial charge in [-0.25, -0.2) is 4.39 Å². The average molecular weight is 398 g/mol. The fourth-order valence-electron chi connectivity index (χ4n) is 3.09. The molecule has 0 spiro atoms. The molecule has 1 unspecified atom stereocenters. The minimum atomic E-state index is -0.423. The molecule has 2 amide bonds. The van der Waals surface area contributed by atoms with Crippen LogP contribution in [-0.2, 0) is 29.6 Å². The van der Waals surface area contributed by atoms with Crippen molar-refractivity contribution in [3.63, 3.8) is 0 Å². The lowest BCUT2D eigenvalue weighted by atomic mass is 10.1. The summed E-state index contributed by atoms with van der Waals surface area (Å²) in [6, 6.07) is 5.94. The minimum Gasteiger partial charge on any atom is -0.348 e. The monoisotopic (exact) mass is 398 g/mol. The van der Waals surface area contributed by atoms with Gasteiger partial charge < -0.3 is 10.6 Å². The van der Waals surface area contributed by atoms with E-state index < -0.39 is 5.82 Å². The van der Waals surface area contributed by atoms with Crippen LogP contribution >= 0.6 is 0 Å². The van der Waals surface area contributed by atoms with Gasteiger partial charge >= 0.3 is 0 Å². The molecule has 0 radical (unpaired) electrons. The lowest BCUT2D eigenvalue weighted by Gasteiger charge is -2.13. The van der Waals surface area contributed by atoms with Crippen LogP contribution in [0, 0.1) is 12.7 Å². The highest BCUT2D eigenvalue weighted by Gasteiger charge is 2.15. The van der Waals surface area contributed by atoms with Gasteiger partial charge in [0.15, 0.2) is 0 Å². The van der Waals surface area contributed by atoms with Gasteiger partial charge in [0.05, 0.1) is 30.0 Å². The number of amides is 2. The Balaban J connectivity index is 1.53. The molecule has 29 heavy (non-hydrogen) atoms. The van der Waals surface area contributed by atoms with Crippen LogP contribution < -0.4 is 10.6 Å². The number of nitrogens with zero attached hydrogens (tertiary/aromatic N) is 4. The molecule has 0 saturated heterocycles. The largest absolute Gasteiger partial charge is 0.348 e. The summed E-state index contributed by atoms with van der Waals surface area (Å²) in [6.07, 6.45) is 4.79. The Hall–Kier alpha value is -3.49. The van der Waals surface area contributed by atoms with E-state index in [4.69, 9.17) is 0 Å². The summed E-state index contributed by atoms with van der Waals surface area (Å²) in [5.41, 5.74) is 2.56. The number of carbonyl (C=O) groups is 2. The minimum absolute atomic E-state index is 0.00678. The van der Waals surface area contributed by atoms with Crippen LogP contribution in [0.25, 0.3) is 0 Å². The van der Waals surface area contributed by atoms with Crippen molar-refractivity contribution in [2.45, 2.75) is 32.9 Å². The van der Waals surface area contributed by atoms with Crippen LogP contribution in [-0.4, -0.2) is 31.4 Å². The van der Waals surface area contributed by atoms with Gasteiger partial charge in [-0.15, -0.1) is 0 Å². The normalized spacial score (nSPS) is 11.9. The summed E-state index contributed by atoms with van der Waals surface area (Å²) in [5, 5.41) is 13.9. The van der Waals surface area contributed by atoms with Crippen molar-refractivity contribution in [2.75, 3.05) is 5.32 Å². The molecule has 8 nitrogen and oxygen atoms in total. The SMILES string of the molecule is Cc1nn(C)cc1C(C)NC(=O)Cn1cc(NC(=O)Cc2ccccc2F)cn1. The highest BCUT2D eigenvalue weighted by atomic mass is 19.1. The Morgan fingerprint density at radius 2 is 1.97 bits per heavy atom. The number of aromatic nitrogens is 4. The van der Waals surface area contributed by atoms with Crippen LogP contribution in [0.5, 0.6) is 0 Å². The van der Waals surface area contributed by atoms with Gasteiger partial charge in [0.25, 0.3) is 0 Å². The number of aryl methyl sites for hydroxylation is 2. The lowest BCUT2D eigenvalue weighted by Crippen LogP contribution is -2.30. The summed E-state index contributed by atoms with van der Waals surface area (Å²) < 4.78 is 16.8. The van der Waals surface area contributed by atoms with E-state index in [1.807, 2.05) is 27.1 Å². The number of halogens is 1. The first kappa shape index (κ1) is 20.2. The smallest absolute Gasteiger partial charge is 0.242 e. The molecule has 0 aliphatic heterocycles. The van der Waals surface area contributed by atoms with Crippen molar-refractivity contribution < 1.29 is 14.0 Å². The number of benzene rings is 1. The molecule has 152 valence electrons. The van der Waals surface area contributed by atoms with Gasteiger partial charge in [0.2, 0.25) is 11.8 Å². The Labute approximate surface area is 167 Å². The molecule has 9 heteroatoms. The van der Waals surface area contributed by atoms with Crippen LogP contribution in [0.3, 0.4) is 0 Å². The molecule has 0 fully saturated rings. The van der Waals surface area contributed by atoms with Gasteiger partial charge in [0.1, 0.15) is 12.4 Å². The molecule has 0 saturated carbocycles. The zero-order valence-electron chi connectivity index (χ0n) is 16.5. The molecule has 1 atom stereocenters. The molecule has 2 aromatic heterocycles. The third kappa shape index (κ3) is 5.28. The molecule has 3 aromatic rings. The first-order chi connectivity index (χ1) is 13.8. The summed E-state index contributed by atoms with van der Waals surface area (Å²) in [6.45, 7) is 3.79. The number of nitrogens with one attached hydrogen (secondary N) is 2. The second kappa shape index (κ2) is 8.68. The second-order valence-corrected chi connectivity index (χ2v) is 6.88. The molecule has 0 aliphatic rings. The van der Waals surface area contributed by atoms with Gasteiger partial charge in [-0.05, 0) is 25.5 Å². The zero-order chi connectivity index (χ0) is 21.0. The Morgan fingerprint density at radius 1 is 1.21 bits per heavy atom. The van der Waals surface area contributed by atoms with Crippen molar-refractivity contribution >= 4 is 17.5 Å². The van der Waals surface area contributed by atoms with E-state index in [2.05, 4.69) is 20.8 Å². The first-order valence-corrected chi connectivity index (χ1v) is 9.17. The Bertz CT molecular complexity index is 1030. The number of carbonyl (C=O) groups excluding carboxylic acids is 2. The van der Waals surface area contributed by atoms with Gasteiger partial charge in [0, 0.05) is 25.0 Å². The third-order valence-electron chi connectivity index (χ3n) is 4.43. The molecule has 3 rings (SSSR count). The zero-order valence-corrected chi connectivity index (χ0v) is 16.5. The maximum atomic E-state index is 13.6. The van der Waals surface area contributed by atoms with E-state index in [-0.39, 0.29) is 30.8 Å².